The van der Waals surface area contributed by atoms with Crippen LogP contribution >= 0.6 is 12.4 Å². The Kier molecular flexibility index (Phi) is 3.90. The Balaban J connectivity index is 0.00000144. The molecule has 2 N–H and O–H groups in total. The molecule has 1 amide bonds. The summed E-state index contributed by atoms with van der Waals surface area (Å²) in [4.78, 5) is 12.6. The van der Waals surface area contributed by atoms with Crippen LogP contribution in [0.4, 0.5) is 14.5 Å². The number of hydrogen-bond acceptors (Lipinski definition) is 3. The summed E-state index contributed by atoms with van der Waals surface area (Å²) < 4.78 is 31.6. The van der Waals surface area contributed by atoms with E-state index in [1.165, 1.54) is 7.05 Å². The zero-order valence-electron chi connectivity index (χ0n) is 8.94. The van der Waals surface area contributed by atoms with Crippen LogP contribution in [0, 0.1) is 11.6 Å². The second-order valence-corrected chi connectivity index (χ2v) is 3.55. The number of fused-ring (bicyclic) bond motifs is 1. The van der Waals surface area contributed by atoms with Gasteiger partial charge in [0.1, 0.15) is 29.9 Å². The third-order valence-electron chi connectivity index (χ3n) is 2.39. The van der Waals surface area contributed by atoms with E-state index in [-0.39, 0.29) is 30.5 Å². The van der Waals surface area contributed by atoms with Gasteiger partial charge >= 0.3 is 0 Å². The zero-order valence-corrected chi connectivity index (χ0v) is 9.76. The molecule has 0 aromatic heterocycles. The van der Waals surface area contributed by atoms with Gasteiger partial charge < -0.3 is 15.4 Å². The Morgan fingerprint density at radius 2 is 2.12 bits per heavy atom. The van der Waals surface area contributed by atoms with Crippen LogP contribution in [0.1, 0.15) is 0 Å². The summed E-state index contributed by atoms with van der Waals surface area (Å²) in [6, 6.07) is 0.850. The minimum Gasteiger partial charge on any atom is -0.489 e. The molecule has 0 saturated carbocycles. The van der Waals surface area contributed by atoms with E-state index in [1.54, 1.807) is 0 Å². The summed E-state index contributed by atoms with van der Waals surface area (Å²) in [5.74, 6) is -2.09. The van der Waals surface area contributed by atoms with Crippen molar-refractivity contribution in [3.05, 3.63) is 23.8 Å². The molecule has 0 bridgehead atoms. The molecule has 7 heteroatoms. The first kappa shape index (κ1) is 13.7. The van der Waals surface area contributed by atoms with Crippen LogP contribution in [0.2, 0.25) is 0 Å². The van der Waals surface area contributed by atoms with Crippen LogP contribution in [-0.4, -0.2) is 25.6 Å². The fourth-order valence-electron chi connectivity index (χ4n) is 1.59. The molecular formula is C10H11ClF2N2O2. The largest absolute Gasteiger partial charge is 0.489 e. The van der Waals surface area contributed by atoms with Gasteiger partial charge in [-0.1, -0.05) is 0 Å². The van der Waals surface area contributed by atoms with Crippen LogP contribution < -0.4 is 15.4 Å². The molecule has 0 spiro atoms. The lowest BCUT2D eigenvalue weighted by molar-refractivity contribution is -0.119. The van der Waals surface area contributed by atoms with E-state index in [9.17, 15) is 13.6 Å². The molecule has 1 atom stereocenters. The zero-order chi connectivity index (χ0) is 11.9. The van der Waals surface area contributed by atoms with Gasteiger partial charge in [0.05, 0.1) is 0 Å². The van der Waals surface area contributed by atoms with Crippen molar-refractivity contribution in [3.63, 3.8) is 0 Å². The molecule has 0 fully saturated rings. The summed E-state index contributed by atoms with van der Waals surface area (Å²) in [5, 5.41) is 0. The number of ether oxygens (including phenoxy) is 1. The molecule has 17 heavy (non-hydrogen) atoms. The Hall–Kier alpha value is -1.40. The van der Waals surface area contributed by atoms with E-state index in [1.807, 2.05) is 0 Å². The van der Waals surface area contributed by atoms with E-state index in [0.29, 0.717) is 6.07 Å². The summed E-state index contributed by atoms with van der Waals surface area (Å²) >= 11 is 0. The number of carbonyl (C=O) groups is 1. The number of amides is 1. The quantitative estimate of drug-likeness (QED) is 0.763. The van der Waals surface area contributed by atoms with E-state index in [4.69, 9.17) is 10.5 Å². The molecule has 0 saturated heterocycles. The lowest BCUT2D eigenvalue weighted by Crippen LogP contribution is -2.43. The molecule has 0 radical (unpaired) electrons. The first-order chi connectivity index (χ1) is 7.50. The predicted molar refractivity (Wildman–Crippen MR) is 60.5 cm³/mol. The first-order valence-corrected chi connectivity index (χ1v) is 4.65. The van der Waals surface area contributed by atoms with Crippen molar-refractivity contribution in [3.8, 4) is 5.75 Å². The number of hydrogen-bond donors (Lipinski definition) is 1. The Morgan fingerprint density at radius 3 is 2.76 bits per heavy atom. The Labute approximate surface area is 103 Å². The molecular weight excluding hydrogens is 254 g/mol. The van der Waals surface area contributed by atoms with Gasteiger partial charge in [-0.15, -0.1) is 12.4 Å². The number of nitrogens with two attached hydrogens (primary N) is 1. The maximum absolute atomic E-state index is 13.5. The smallest absolute Gasteiger partial charge is 0.247 e. The minimum atomic E-state index is -0.875. The molecule has 2 rings (SSSR count). The number of nitrogens with zero attached hydrogens (tertiary/aromatic N) is 1. The van der Waals surface area contributed by atoms with Gasteiger partial charge in [-0.2, -0.15) is 0 Å². The lowest BCUT2D eigenvalue weighted by Gasteiger charge is -2.18. The molecule has 94 valence electrons. The number of benzene rings is 1. The van der Waals surface area contributed by atoms with Gasteiger partial charge in [-0.05, 0) is 0 Å². The predicted octanol–water partition coefficient (Wildman–Crippen LogP) is 1.07. The number of likely N-dealkylation sites (N-methyl/N-ethyl adjacent to an activating group) is 1. The highest BCUT2D eigenvalue weighted by Gasteiger charge is 2.29. The average Bonchev–Trinajstić information content (AvgIpc) is 2.31. The van der Waals surface area contributed by atoms with Crippen molar-refractivity contribution in [1.82, 2.24) is 0 Å². The van der Waals surface area contributed by atoms with Gasteiger partial charge in [0.2, 0.25) is 5.91 Å². The molecule has 1 aromatic carbocycles. The average molecular weight is 265 g/mol. The van der Waals surface area contributed by atoms with E-state index in [2.05, 4.69) is 0 Å². The maximum Gasteiger partial charge on any atom is 0.247 e. The van der Waals surface area contributed by atoms with Crippen molar-refractivity contribution in [1.29, 1.82) is 0 Å². The normalized spacial score (nSPS) is 18.9. The summed E-state index contributed by atoms with van der Waals surface area (Å²) in [7, 11) is 1.37. The highest BCUT2D eigenvalue weighted by atomic mass is 35.5. The topological polar surface area (TPSA) is 55.6 Å². The monoisotopic (exact) mass is 264 g/mol. The lowest BCUT2D eigenvalue weighted by atomic mass is 10.2. The molecule has 1 unspecified atom stereocenters. The van der Waals surface area contributed by atoms with Crippen molar-refractivity contribution < 1.29 is 18.3 Å². The number of anilines is 1. The molecule has 1 heterocycles. The second kappa shape index (κ2) is 4.85. The maximum atomic E-state index is 13.5. The summed E-state index contributed by atoms with van der Waals surface area (Å²) in [6.07, 6.45) is 0. The highest BCUT2D eigenvalue weighted by Crippen LogP contribution is 2.33. The number of halogens is 3. The Morgan fingerprint density at radius 1 is 1.47 bits per heavy atom. The Bertz CT molecular complexity index is 456. The molecule has 0 aliphatic carbocycles. The van der Waals surface area contributed by atoms with Gasteiger partial charge in [0, 0.05) is 19.2 Å². The van der Waals surface area contributed by atoms with Crippen LogP contribution in [0.15, 0.2) is 12.1 Å². The van der Waals surface area contributed by atoms with E-state index >= 15 is 0 Å². The van der Waals surface area contributed by atoms with Gasteiger partial charge in [0.15, 0.2) is 5.82 Å². The van der Waals surface area contributed by atoms with Gasteiger partial charge in [0.25, 0.3) is 0 Å². The van der Waals surface area contributed by atoms with Crippen LogP contribution in [0.25, 0.3) is 0 Å². The minimum absolute atomic E-state index is 0. The number of carbonyl (C=O) groups excluding carboxylic acids is 1. The fourth-order valence-corrected chi connectivity index (χ4v) is 1.59. The molecule has 1 aliphatic rings. The fraction of sp³-hybridized carbons (Fsp3) is 0.300. The SMILES string of the molecule is CN1C(=O)C(N)COc2cc(F)cc(F)c21.Cl. The van der Waals surface area contributed by atoms with Gasteiger partial charge in [-0.25, -0.2) is 8.78 Å². The van der Waals surface area contributed by atoms with E-state index < -0.39 is 23.6 Å². The second-order valence-electron chi connectivity index (χ2n) is 3.55. The summed E-state index contributed by atoms with van der Waals surface area (Å²) in [6.45, 7) is -0.0981. The van der Waals surface area contributed by atoms with Crippen molar-refractivity contribution >= 4 is 24.0 Å². The van der Waals surface area contributed by atoms with Crippen LogP contribution in [-0.2, 0) is 4.79 Å². The van der Waals surface area contributed by atoms with E-state index in [0.717, 1.165) is 11.0 Å². The van der Waals surface area contributed by atoms with Crippen LogP contribution in [0.5, 0.6) is 5.75 Å². The van der Waals surface area contributed by atoms with Gasteiger partial charge in [-0.3, -0.25) is 4.79 Å². The third kappa shape index (κ3) is 2.32. The number of rotatable bonds is 0. The van der Waals surface area contributed by atoms with Crippen LogP contribution in [0.3, 0.4) is 0 Å². The molecule has 1 aliphatic heterocycles. The standard InChI is InChI=1S/C10H10F2N2O2.ClH/c1-14-9-6(12)2-5(11)3-8(9)16-4-7(13)10(14)15;/h2-3,7H,4,13H2,1H3;1H. The van der Waals surface area contributed by atoms with Crippen molar-refractivity contribution in [2.75, 3.05) is 18.6 Å². The van der Waals surface area contributed by atoms with Crippen molar-refractivity contribution in [2.45, 2.75) is 6.04 Å². The summed E-state index contributed by atoms with van der Waals surface area (Å²) in [5.41, 5.74) is 5.42. The molecule has 1 aromatic rings. The third-order valence-corrected chi connectivity index (χ3v) is 2.39. The van der Waals surface area contributed by atoms with Crippen molar-refractivity contribution in [2.24, 2.45) is 5.73 Å². The molecule has 4 nitrogen and oxygen atoms in total. The first-order valence-electron chi connectivity index (χ1n) is 4.65. The highest BCUT2D eigenvalue weighted by molar-refractivity contribution is 5.98.